The van der Waals surface area contributed by atoms with E-state index in [9.17, 15) is 4.79 Å². The van der Waals surface area contributed by atoms with E-state index >= 15 is 0 Å². The molecular weight excluding hydrogens is 216 g/mol. The predicted molar refractivity (Wildman–Crippen MR) is 67.3 cm³/mol. The molecule has 0 radical (unpaired) electrons. The molecule has 0 amide bonds. The minimum absolute atomic E-state index is 0.382. The lowest BCUT2D eigenvalue weighted by Gasteiger charge is -2.37. The van der Waals surface area contributed by atoms with Crippen LogP contribution in [0.3, 0.4) is 0 Å². The van der Waals surface area contributed by atoms with Gasteiger partial charge in [0.1, 0.15) is 6.04 Å². The smallest absolute Gasteiger partial charge is 0.320 e. The number of nitrogens with zero attached hydrogens (tertiary/aromatic N) is 2. The molecule has 0 saturated carbocycles. The van der Waals surface area contributed by atoms with Gasteiger partial charge in [0.2, 0.25) is 0 Å². The Balaban J connectivity index is 1.93. The number of hydrogen-bond acceptors (Lipinski definition) is 3. The molecule has 1 unspecified atom stereocenters. The number of anilines is 1. The molecule has 92 valence electrons. The molecule has 2 rings (SSSR count). The van der Waals surface area contributed by atoms with Gasteiger partial charge in [0.25, 0.3) is 0 Å². The van der Waals surface area contributed by atoms with Crippen molar-refractivity contribution in [3.8, 4) is 0 Å². The Hall–Kier alpha value is -1.55. The highest BCUT2D eigenvalue weighted by atomic mass is 16.4. The number of benzene rings is 1. The van der Waals surface area contributed by atoms with Crippen LogP contribution in [0.5, 0.6) is 0 Å². The highest BCUT2D eigenvalue weighted by molar-refractivity contribution is 5.72. The van der Waals surface area contributed by atoms with Crippen LogP contribution in [-0.4, -0.2) is 48.2 Å². The summed E-state index contributed by atoms with van der Waals surface area (Å²) in [6.07, 6.45) is 0. The molecule has 1 N–H and O–H groups in total. The molecule has 4 heteroatoms. The number of para-hydroxylation sites is 1. The minimum Gasteiger partial charge on any atom is -0.480 e. The first kappa shape index (κ1) is 11.9. The summed E-state index contributed by atoms with van der Waals surface area (Å²) < 4.78 is 0. The lowest BCUT2D eigenvalue weighted by Crippen LogP contribution is -2.51. The lowest BCUT2D eigenvalue weighted by atomic mass is 10.2. The molecule has 17 heavy (non-hydrogen) atoms. The highest BCUT2D eigenvalue weighted by Gasteiger charge is 2.24. The van der Waals surface area contributed by atoms with Gasteiger partial charge in [-0.15, -0.1) is 0 Å². The zero-order valence-corrected chi connectivity index (χ0v) is 10.0. The third-order valence-corrected chi connectivity index (χ3v) is 3.34. The maximum atomic E-state index is 10.9. The second kappa shape index (κ2) is 5.19. The predicted octanol–water partition coefficient (Wildman–Crippen LogP) is 1.28. The Morgan fingerprint density at radius 1 is 1.18 bits per heavy atom. The van der Waals surface area contributed by atoms with Gasteiger partial charge in [-0.25, -0.2) is 0 Å². The first-order valence-corrected chi connectivity index (χ1v) is 5.95. The maximum absolute atomic E-state index is 10.9. The van der Waals surface area contributed by atoms with Gasteiger partial charge in [0, 0.05) is 31.9 Å². The molecule has 1 aliphatic heterocycles. The molecule has 0 spiro atoms. The van der Waals surface area contributed by atoms with Gasteiger partial charge in [-0.2, -0.15) is 0 Å². The SMILES string of the molecule is CC(C(=O)O)N1CCN(c2ccccc2)CC1. The van der Waals surface area contributed by atoms with Crippen LogP contribution in [0.25, 0.3) is 0 Å². The van der Waals surface area contributed by atoms with E-state index in [2.05, 4.69) is 17.0 Å². The normalized spacial score (nSPS) is 19.0. The number of hydrogen-bond donors (Lipinski definition) is 1. The van der Waals surface area contributed by atoms with Gasteiger partial charge < -0.3 is 10.0 Å². The number of rotatable bonds is 3. The summed E-state index contributed by atoms with van der Waals surface area (Å²) in [6.45, 7) is 5.15. The van der Waals surface area contributed by atoms with E-state index in [0.717, 1.165) is 26.2 Å². The van der Waals surface area contributed by atoms with Crippen molar-refractivity contribution < 1.29 is 9.90 Å². The Morgan fingerprint density at radius 2 is 1.76 bits per heavy atom. The van der Waals surface area contributed by atoms with Crippen LogP contribution in [-0.2, 0) is 4.79 Å². The third kappa shape index (κ3) is 2.77. The average molecular weight is 234 g/mol. The van der Waals surface area contributed by atoms with Crippen LogP contribution in [0.4, 0.5) is 5.69 Å². The fourth-order valence-corrected chi connectivity index (χ4v) is 2.16. The lowest BCUT2D eigenvalue weighted by molar-refractivity contribution is -0.142. The van der Waals surface area contributed by atoms with Gasteiger partial charge in [0.15, 0.2) is 0 Å². The van der Waals surface area contributed by atoms with Gasteiger partial charge in [-0.1, -0.05) is 18.2 Å². The van der Waals surface area contributed by atoms with E-state index in [-0.39, 0.29) is 6.04 Å². The Bertz CT molecular complexity index is 372. The molecule has 1 fully saturated rings. The molecule has 0 bridgehead atoms. The quantitative estimate of drug-likeness (QED) is 0.855. The van der Waals surface area contributed by atoms with E-state index < -0.39 is 5.97 Å². The first-order chi connectivity index (χ1) is 8.18. The van der Waals surface area contributed by atoms with Gasteiger partial charge in [-0.05, 0) is 19.1 Å². The molecular formula is C13H18N2O2. The monoisotopic (exact) mass is 234 g/mol. The van der Waals surface area contributed by atoms with Crippen molar-refractivity contribution in [1.29, 1.82) is 0 Å². The van der Waals surface area contributed by atoms with E-state index in [0.29, 0.717) is 0 Å². The van der Waals surface area contributed by atoms with E-state index in [1.165, 1.54) is 5.69 Å². The Morgan fingerprint density at radius 3 is 2.29 bits per heavy atom. The van der Waals surface area contributed by atoms with Crippen molar-refractivity contribution in [3.63, 3.8) is 0 Å². The zero-order chi connectivity index (χ0) is 12.3. The number of carboxylic acids is 1. The van der Waals surface area contributed by atoms with Crippen molar-refractivity contribution in [2.45, 2.75) is 13.0 Å². The average Bonchev–Trinajstić information content (AvgIpc) is 2.39. The molecule has 1 aromatic carbocycles. The minimum atomic E-state index is -0.738. The maximum Gasteiger partial charge on any atom is 0.320 e. The van der Waals surface area contributed by atoms with Gasteiger partial charge in [-0.3, -0.25) is 9.69 Å². The van der Waals surface area contributed by atoms with Crippen LogP contribution in [0.2, 0.25) is 0 Å². The molecule has 0 aromatic heterocycles. The third-order valence-electron chi connectivity index (χ3n) is 3.34. The number of aliphatic carboxylic acids is 1. The Labute approximate surface area is 101 Å². The van der Waals surface area contributed by atoms with Crippen LogP contribution in [0, 0.1) is 0 Å². The summed E-state index contributed by atoms with van der Waals surface area (Å²) in [4.78, 5) is 15.2. The molecule has 1 aliphatic rings. The summed E-state index contributed by atoms with van der Waals surface area (Å²) in [5, 5.41) is 8.96. The summed E-state index contributed by atoms with van der Waals surface area (Å²) in [7, 11) is 0. The molecule has 1 heterocycles. The molecule has 4 nitrogen and oxygen atoms in total. The fourth-order valence-electron chi connectivity index (χ4n) is 2.16. The van der Waals surface area contributed by atoms with E-state index in [4.69, 9.17) is 5.11 Å². The van der Waals surface area contributed by atoms with Crippen LogP contribution >= 0.6 is 0 Å². The molecule has 1 saturated heterocycles. The largest absolute Gasteiger partial charge is 0.480 e. The topological polar surface area (TPSA) is 43.8 Å². The van der Waals surface area contributed by atoms with Crippen molar-refractivity contribution in [2.75, 3.05) is 31.1 Å². The fraction of sp³-hybridized carbons (Fsp3) is 0.462. The second-order valence-corrected chi connectivity index (χ2v) is 4.37. The molecule has 1 aromatic rings. The summed E-state index contributed by atoms with van der Waals surface area (Å²) in [6, 6.07) is 9.87. The first-order valence-electron chi connectivity index (χ1n) is 5.95. The van der Waals surface area contributed by atoms with Crippen molar-refractivity contribution >= 4 is 11.7 Å². The van der Waals surface area contributed by atoms with Crippen LogP contribution < -0.4 is 4.90 Å². The number of carboxylic acid groups (broad SMARTS) is 1. The van der Waals surface area contributed by atoms with Crippen molar-refractivity contribution in [3.05, 3.63) is 30.3 Å². The molecule has 1 atom stereocenters. The highest BCUT2D eigenvalue weighted by Crippen LogP contribution is 2.16. The van der Waals surface area contributed by atoms with E-state index in [1.54, 1.807) is 6.92 Å². The van der Waals surface area contributed by atoms with Gasteiger partial charge in [0.05, 0.1) is 0 Å². The number of piperazine rings is 1. The summed E-state index contributed by atoms with van der Waals surface area (Å²) >= 11 is 0. The Kier molecular flexibility index (Phi) is 3.64. The molecule has 0 aliphatic carbocycles. The van der Waals surface area contributed by atoms with Crippen LogP contribution in [0.15, 0.2) is 30.3 Å². The zero-order valence-electron chi connectivity index (χ0n) is 10.0. The number of carbonyl (C=O) groups is 1. The van der Waals surface area contributed by atoms with Crippen molar-refractivity contribution in [2.24, 2.45) is 0 Å². The summed E-state index contributed by atoms with van der Waals surface area (Å²) in [5.41, 5.74) is 1.22. The van der Waals surface area contributed by atoms with E-state index in [1.807, 2.05) is 23.1 Å². The second-order valence-electron chi connectivity index (χ2n) is 4.37. The van der Waals surface area contributed by atoms with Crippen LogP contribution in [0.1, 0.15) is 6.92 Å². The van der Waals surface area contributed by atoms with Gasteiger partial charge >= 0.3 is 5.97 Å². The standard InChI is InChI=1S/C13H18N2O2/c1-11(13(16)17)14-7-9-15(10-8-14)12-5-3-2-4-6-12/h2-6,11H,7-10H2,1H3,(H,16,17). The van der Waals surface area contributed by atoms with Crippen molar-refractivity contribution in [1.82, 2.24) is 4.90 Å². The summed E-state index contributed by atoms with van der Waals surface area (Å²) in [5.74, 6) is -0.738.